The maximum atomic E-state index is 13.7. The van der Waals surface area contributed by atoms with Crippen molar-refractivity contribution in [1.82, 2.24) is 15.0 Å². The third-order valence-corrected chi connectivity index (χ3v) is 6.73. The second-order valence-corrected chi connectivity index (χ2v) is 9.64. The van der Waals surface area contributed by atoms with E-state index in [2.05, 4.69) is 30.9 Å². The number of nitrogens with zero attached hydrogens (tertiary/aromatic N) is 3. The summed E-state index contributed by atoms with van der Waals surface area (Å²) in [7, 11) is 2.59. The molecule has 0 aliphatic heterocycles. The molecule has 6 rings (SSSR count). The lowest BCUT2D eigenvalue weighted by Crippen LogP contribution is -2.75. The highest BCUT2D eigenvalue weighted by Crippen LogP contribution is 2.61. The highest BCUT2D eigenvalue weighted by atomic mass is 19.4. The first-order valence-electron chi connectivity index (χ1n) is 11.8. The van der Waals surface area contributed by atoms with E-state index in [-0.39, 0.29) is 40.1 Å². The molecule has 3 aliphatic rings. The lowest BCUT2D eigenvalue weighted by molar-refractivity contribution is -0.195. The summed E-state index contributed by atoms with van der Waals surface area (Å²) in [5, 5.41) is 18.1. The standard InChI is InChI=1S/C25H22F4N6O5/c1-39-17-6-13(20(36)33-12-3-4-15(26)14(5-12)25(27,28)29)16(7-30-17)34-21(37)18-19(31-11-32-22(18)40-2)35-23-8-24(38,9-23)10-23/h3-7,11,38H,8-10H2,1-2H3,(H,33,36)(H,34,37)(H,31,32,35). The summed E-state index contributed by atoms with van der Waals surface area (Å²) in [5.74, 6) is -3.17. The largest absolute Gasteiger partial charge is 0.481 e. The van der Waals surface area contributed by atoms with Gasteiger partial charge in [0.05, 0.1) is 42.8 Å². The van der Waals surface area contributed by atoms with Crippen LogP contribution in [0, 0.1) is 5.82 Å². The summed E-state index contributed by atoms with van der Waals surface area (Å²) in [5.41, 5.74) is -3.45. The van der Waals surface area contributed by atoms with Crippen LogP contribution < -0.4 is 25.4 Å². The van der Waals surface area contributed by atoms with Crippen LogP contribution in [0.25, 0.3) is 0 Å². The van der Waals surface area contributed by atoms with E-state index in [1.807, 2.05) is 0 Å². The molecule has 2 heterocycles. The van der Waals surface area contributed by atoms with Crippen molar-refractivity contribution in [3.63, 3.8) is 0 Å². The molecule has 40 heavy (non-hydrogen) atoms. The summed E-state index contributed by atoms with van der Waals surface area (Å²) in [6.07, 6.45) is -1.20. The Kier molecular flexibility index (Phi) is 6.48. The number of methoxy groups -OCH3 is 2. The molecule has 3 aliphatic carbocycles. The highest BCUT2D eigenvalue weighted by Gasteiger charge is 2.68. The number of pyridine rings is 1. The van der Waals surface area contributed by atoms with Gasteiger partial charge in [-0.3, -0.25) is 9.59 Å². The zero-order valence-electron chi connectivity index (χ0n) is 21.0. The molecular weight excluding hydrogens is 540 g/mol. The maximum Gasteiger partial charge on any atom is 0.419 e. The lowest BCUT2D eigenvalue weighted by atomic mass is 9.46. The van der Waals surface area contributed by atoms with Gasteiger partial charge in [0.1, 0.15) is 23.5 Å². The van der Waals surface area contributed by atoms with E-state index in [1.165, 1.54) is 26.6 Å². The second-order valence-electron chi connectivity index (χ2n) is 9.64. The third kappa shape index (κ3) is 4.95. The minimum atomic E-state index is -4.98. The first-order valence-corrected chi connectivity index (χ1v) is 11.8. The van der Waals surface area contributed by atoms with Crippen molar-refractivity contribution >= 4 is 29.0 Å². The van der Waals surface area contributed by atoms with Crippen LogP contribution >= 0.6 is 0 Å². The number of hydrogen-bond donors (Lipinski definition) is 4. The number of nitrogens with one attached hydrogen (secondary N) is 3. The summed E-state index contributed by atoms with van der Waals surface area (Å²) in [6, 6.07) is 3.16. The molecule has 1 aromatic carbocycles. The summed E-state index contributed by atoms with van der Waals surface area (Å²) >= 11 is 0. The fourth-order valence-corrected chi connectivity index (χ4v) is 4.98. The molecule has 3 fully saturated rings. The van der Waals surface area contributed by atoms with Gasteiger partial charge in [0, 0.05) is 17.3 Å². The van der Waals surface area contributed by atoms with E-state index in [1.54, 1.807) is 0 Å². The number of alkyl halides is 3. The van der Waals surface area contributed by atoms with Crippen LogP contribution in [0.4, 0.5) is 34.8 Å². The van der Waals surface area contributed by atoms with Gasteiger partial charge >= 0.3 is 6.18 Å². The first kappa shape index (κ1) is 27.1. The van der Waals surface area contributed by atoms with Crippen molar-refractivity contribution in [2.75, 3.05) is 30.2 Å². The predicted octanol–water partition coefficient (Wildman–Crippen LogP) is 3.63. The number of aliphatic hydroxyl groups is 1. The second kappa shape index (κ2) is 9.59. The van der Waals surface area contributed by atoms with Gasteiger partial charge in [-0.1, -0.05) is 0 Å². The number of aromatic nitrogens is 3. The molecule has 3 saturated carbocycles. The van der Waals surface area contributed by atoms with Gasteiger partial charge < -0.3 is 30.5 Å². The van der Waals surface area contributed by atoms with Gasteiger partial charge in [-0.15, -0.1) is 0 Å². The number of hydrogen-bond acceptors (Lipinski definition) is 9. The minimum absolute atomic E-state index is 0.0252. The van der Waals surface area contributed by atoms with Crippen LogP contribution in [-0.2, 0) is 6.18 Å². The quantitative estimate of drug-likeness (QED) is 0.302. The van der Waals surface area contributed by atoms with Crippen molar-refractivity contribution in [3.05, 3.63) is 59.3 Å². The summed E-state index contributed by atoms with van der Waals surface area (Å²) in [6.45, 7) is 0. The zero-order chi connectivity index (χ0) is 28.9. The van der Waals surface area contributed by atoms with Crippen LogP contribution in [0.2, 0.25) is 0 Å². The Morgan fingerprint density at radius 2 is 1.73 bits per heavy atom. The zero-order valence-corrected chi connectivity index (χ0v) is 21.0. The Morgan fingerprint density at radius 1 is 1.00 bits per heavy atom. The molecule has 15 heteroatoms. The molecular formula is C25H22F4N6O5. The van der Waals surface area contributed by atoms with Crippen molar-refractivity contribution in [2.24, 2.45) is 0 Å². The molecule has 0 radical (unpaired) electrons. The molecule has 2 amide bonds. The van der Waals surface area contributed by atoms with Crippen LogP contribution in [0.15, 0.2) is 36.8 Å². The number of amides is 2. The molecule has 0 saturated heterocycles. The van der Waals surface area contributed by atoms with Crippen LogP contribution in [0.5, 0.6) is 11.8 Å². The van der Waals surface area contributed by atoms with Crippen LogP contribution in [0.3, 0.4) is 0 Å². The fourth-order valence-electron chi connectivity index (χ4n) is 4.98. The molecule has 210 valence electrons. The predicted molar refractivity (Wildman–Crippen MR) is 132 cm³/mol. The van der Waals surface area contributed by atoms with Crippen molar-refractivity contribution in [3.8, 4) is 11.8 Å². The Bertz CT molecular complexity index is 1500. The third-order valence-electron chi connectivity index (χ3n) is 6.73. The van der Waals surface area contributed by atoms with Gasteiger partial charge in [0.15, 0.2) is 0 Å². The Hall–Kier alpha value is -4.53. The maximum absolute atomic E-state index is 13.7. The van der Waals surface area contributed by atoms with Gasteiger partial charge in [0.2, 0.25) is 11.8 Å². The Morgan fingerprint density at radius 3 is 2.35 bits per heavy atom. The smallest absolute Gasteiger partial charge is 0.419 e. The lowest BCUT2D eigenvalue weighted by Gasteiger charge is -2.67. The summed E-state index contributed by atoms with van der Waals surface area (Å²) < 4.78 is 63.4. The average Bonchev–Trinajstić information content (AvgIpc) is 2.87. The van der Waals surface area contributed by atoms with Gasteiger partial charge in [-0.05, 0) is 37.5 Å². The topological polar surface area (TPSA) is 148 Å². The molecule has 2 bridgehead atoms. The molecule has 11 nitrogen and oxygen atoms in total. The van der Waals surface area contributed by atoms with Crippen molar-refractivity contribution in [1.29, 1.82) is 0 Å². The molecule has 0 spiro atoms. The summed E-state index contributed by atoms with van der Waals surface area (Å²) in [4.78, 5) is 38.7. The van der Waals surface area contributed by atoms with E-state index in [9.17, 15) is 32.3 Å². The molecule has 3 aromatic rings. The number of halogens is 4. The normalized spacial score (nSPS) is 21.0. The van der Waals surface area contributed by atoms with Crippen molar-refractivity contribution in [2.45, 2.75) is 36.6 Å². The number of anilines is 3. The Labute approximate surface area is 223 Å². The number of ether oxygens (including phenoxy) is 2. The molecule has 0 atom stereocenters. The van der Waals surface area contributed by atoms with E-state index >= 15 is 0 Å². The molecule has 2 aromatic heterocycles. The van der Waals surface area contributed by atoms with E-state index in [0.29, 0.717) is 31.4 Å². The molecule has 0 unspecified atom stereocenters. The first-order chi connectivity index (χ1) is 18.9. The number of carbonyl (C=O) groups excluding carboxylic acids is 2. The van der Waals surface area contributed by atoms with Crippen molar-refractivity contribution < 1.29 is 41.7 Å². The average molecular weight is 562 g/mol. The van der Waals surface area contributed by atoms with Gasteiger partial charge in [-0.2, -0.15) is 13.2 Å². The van der Waals surface area contributed by atoms with Gasteiger partial charge in [0.25, 0.3) is 11.8 Å². The Balaban J connectivity index is 1.43. The number of benzene rings is 1. The van der Waals surface area contributed by atoms with E-state index in [0.717, 1.165) is 12.3 Å². The number of carbonyl (C=O) groups is 2. The number of rotatable bonds is 8. The monoisotopic (exact) mass is 562 g/mol. The minimum Gasteiger partial charge on any atom is -0.481 e. The van der Waals surface area contributed by atoms with E-state index in [4.69, 9.17) is 9.47 Å². The van der Waals surface area contributed by atoms with Crippen LogP contribution in [-0.4, -0.2) is 57.2 Å². The van der Waals surface area contributed by atoms with Gasteiger partial charge in [-0.25, -0.2) is 19.3 Å². The fraction of sp³-hybridized carbons (Fsp3) is 0.320. The molecule has 4 N–H and O–H groups in total. The van der Waals surface area contributed by atoms with E-state index < -0.39 is 40.5 Å². The highest BCUT2D eigenvalue weighted by molar-refractivity contribution is 6.14. The SMILES string of the molecule is COc1cc(C(=O)Nc2ccc(F)c(C(F)(F)F)c2)c(NC(=O)c2c(NC34CC(O)(C3)C4)ncnc2OC)cn1. The van der Waals surface area contributed by atoms with Crippen LogP contribution in [0.1, 0.15) is 45.5 Å².